The molecule has 0 amide bonds. The van der Waals surface area contributed by atoms with E-state index >= 15 is 0 Å². The average Bonchev–Trinajstić information content (AvgIpc) is 2.56. The van der Waals surface area contributed by atoms with Crippen LogP contribution in [0, 0.1) is 0 Å². The van der Waals surface area contributed by atoms with E-state index in [1.165, 1.54) is 16.1 Å². The van der Waals surface area contributed by atoms with E-state index in [-0.39, 0.29) is 0 Å². The van der Waals surface area contributed by atoms with Gasteiger partial charge in [0.1, 0.15) is 0 Å². The molecular formula is C18H22N2S. The van der Waals surface area contributed by atoms with Crippen LogP contribution in [-0.4, -0.2) is 25.4 Å². The van der Waals surface area contributed by atoms with Gasteiger partial charge < -0.3 is 10.2 Å². The van der Waals surface area contributed by atoms with Crippen molar-refractivity contribution in [3.05, 3.63) is 60.2 Å². The zero-order valence-corrected chi connectivity index (χ0v) is 13.4. The minimum absolute atomic E-state index is 0.405. The maximum absolute atomic E-state index is 3.61. The molecule has 0 bridgehead atoms. The van der Waals surface area contributed by atoms with E-state index in [1.54, 1.807) is 11.8 Å². The molecule has 2 atom stereocenters. The second kappa shape index (κ2) is 6.54. The molecule has 2 aromatic carbocycles. The maximum atomic E-state index is 3.61. The van der Waals surface area contributed by atoms with E-state index in [1.807, 2.05) is 0 Å². The summed E-state index contributed by atoms with van der Waals surface area (Å²) in [7, 11) is 0. The number of hydrogen-bond donors (Lipinski definition) is 1. The Labute approximate surface area is 131 Å². The van der Waals surface area contributed by atoms with Gasteiger partial charge in [0.15, 0.2) is 0 Å². The van der Waals surface area contributed by atoms with E-state index in [0.717, 1.165) is 13.1 Å². The lowest BCUT2D eigenvalue weighted by Crippen LogP contribution is -2.51. The summed E-state index contributed by atoms with van der Waals surface area (Å²) in [6.07, 6.45) is 2.12. The second-order valence-electron chi connectivity index (χ2n) is 5.59. The Morgan fingerprint density at radius 1 is 1.05 bits per heavy atom. The molecule has 1 N–H and O–H groups in total. The molecule has 0 aliphatic carbocycles. The lowest BCUT2D eigenvalue weighted by molar-refractivity contribution is 0.416. The third-order valence-corrected chi connectivity index (χ3v) is 4.84. The Morgan fingerprint density at radius 3 is 2.43 bits per heavy atom. The lowest BCUT2D eigenvalue weighted by atomic mass is 10.0. The van der Waals surface area contributed by atoms with Crippen LogP contribution < -0.4 is 10.2 Å². The van der Waals surface area contributed by atoms with Gasteiger partial charge in [0.05, 0.1) is 6.04 Å². The Hall–Kier alpha value is -1.45. The summed E-state index contributed by atoms with van der Waals surface area (Å²) < 4.78 is 0. The van der Waals surface area contributed by atoms with Gasteiger partial charge in [0.25, 0.3) is 0 Å². The molecule has 1 saturated heterocycles. The second-order valence-corrected chi connectivity index (χ2v) is 6.47. The number of rotatable bonds is 3. The van der Waals surface area contributed by atoms with Crippen molar-refractivity contribution in [1.29, 1.82) is 0 Å². The highest BCUT2D eigenvalue weighted by atomic mass is 32.2. The molecule has 0 radical (unpaired) electrons. The smallest absolute Gasteiger partial charge is 0.0667 e. The van der Waals surface area contributed by atoms with E-state index in [2.05, 4.69) is 78.0 Å². The lowest BCUT2D eigenvalue weighted by Gasteiger charge is -2.41. The van der Waals surface area contributed by atoms with Gasteiger partial charge >= 0.3 is 0 Å². The fourth-order valence-electron chi connectivity index (χ4n) is 2.94. The number of nitrogens with one attached hydrogen (secondary N) is 1. The Morgan fingerprint density at radius 2 is 1.76 bits per heavy atom. The van der Waals surface area contributed by atoms with Crippen LogP contribution in [0.3, 0.4) is 0 Å². The largest absolute Gasteiger partial charge is 0.362 e. The quantitative estimate of drug-likeness (QED) is 0.864. The molecule has 2 aromatic rings. The molecule has 21 heavy (non-hydrogen) atoms. The summed E-state index contributed by atoms with van der Waals surface area (Å²) in [6, 6.07) is 20.7. The number of benzene rings is 2. The van der Waals surface area contributed by atoms with Gasteiger partial charge in [-0.3, -0.25) is 0 Å². The van der Waals surface area contributed by atoms with Crippen LogP contribution >= 0.6 is 11.8 Å². The molecule has 110 valence electrons. The van der Waals surface area contributed by atoms with E-state index in [4.69, 9.17) is 0 Å². The summed E-state index contributed by atoms with van der Waals surface area (Å²) in [6.45, 7) is 4.29. The number of nitrogens with zero attached hydrogens (tertiary/aromatic N) is 1. The number of piperazine rings is 1. The minimum Gasteiger partial charge on any atom is -0.362 e. The highest BCUT2D eigenvalue weighted by molar-refractivity contribution is 7.98. The van der Waals surface area contributed by atoms with Crippen molar-refractivity contribution < 1.29 is 0 Å². The number of anilines is 1. The highest BCUT2D eigenvalue weighted by Gasteiger charge is 2.27. The van der Waals surface area contributed by atoms with Gasteiger partial charge in [-0.2, -0.15) is 0 Å². The maximum Gasteiger partial charge on any atom is 0.0667 e. The fourth-order valence-corrected chi connectivity index (χ4v) is 3.35. The molecule has 1 fully saturated rings. The van der Waals surface area contributed by atoms with Crippen molar-refractivity contribution in [1.82, 2.24) is 5.32 Å². The van der Waals surface area contributed by atoms with Crippen LogP contribution in [-0.2, 0) is 0 Å². The molecule has 1 heterocycles. The van der Waals surface area contributed by atoms with Crippen molar-refractivity contribution >= 4 is 17.4 Å². The predicted octanol–water partition coefficient (Wildman–Crippen LogP) is 3.95. The Bertz CT molecular complexity index is 568. The molecular weight excluding hydrogens is 276 g/mol. The van der Waals surface area contributed by atoms with Crippen LogP contribution in [0.25, 0.3) is 0 Å². The third-order valence-electron chi connectivity index (χ3n) is 4.09. The van der Waals surface area contributed by atoms with Gasteiger partial charge in [-0.05, 0) is 43.0 Å². The standard InChI is InChI=1S/C18H22N2S/c1-14-13-20(16-8-10-17(21-2)11-9-16)18(12-19-14)15-6-4-3-5-7-15/h3-11,14,18-19H,12-13H2,1-2H3. The molecule has 0 saturated carbocycles. The zero-order valence-electron chi connectivity index (χ0n) is 12.6. The van der Waals surface area contributed by atoms with Gasteiger partial charge in [0, 0.05) is 29.7 Å². The van der Waals surface area contributed by atoms with Crippen molar-refractivity contribution in [3.8, 4) is 0 Å². The first-order valence-corrected chi connectivity index (χ1v) is 8.69. The van der Waals surface area contributed by atoms with Crippen LogP contribution in [0.1, 0.15) is 18.5 Å². The van der Waals surface area contributed by atoms with Crippen molar-refractivity contribution in [2.24, 2.45) is 0 Å². The number of thioether (sulfide) groups is 1. The molecule has 1 aliphatic heterocycles. The average molecular weight is 298 g/mol. The van der Waals surface area contributed by atoms with Gasteiger partial charge in [-0.1, -0.05) is 30.3 Å². The Balaban J connectivity index is 1.90. The zero-order chi connectivity index (χ0) is 14.7. The van der Waals surface area contributed by atoms with Crippen LogP contribution in [0.2, 0.25) is 0 Å². The first-order chi connectivity index (χ1) is 10.3. The summed E-state index contributed by atoms with van der Waals surface area (Å²) in [4.78, 5) is 3.85. The summed E-state index contributed by atoms with van der Waals surface area (Å²) in [5.41, 5.74) is 2.70. The van der Waals surface area contributed by atoms with E-state index in [9.17, 15) is 0 Å². The first kappa shape index (κ1) is 14.5. The molecule has 3 rings (SSSR count). The molecule has 0 aromatic heterocycles. The van der Waals surface area contributed by atoms with Crippen molar-refractivity contribution in [2.45, 2.75) is 23.9 Å². The van der Waals surface area contributed by atoms with E-state index in [0.29, 0.717) is 12.1 Å². The molecule has 2 unspecified atom stereocenters. The number of hydrogen-bond acceptors (Lipinski definition) is 3. The molecule has 1 aliphatic rings. The predicted molar refractivity (Wildman–Crippen MR) is 92.2 cm³/mol. The van der Waals surface area contributed by atoms with Crippen molar-refractivity contribution in [2.75, 3.05) is 24.2 Å². The van der Waals surface area contributed by atoms with Crippen LogP contribution in [0.15, 0.2) is 59.5 Å². The summed E-state index contributed by atoms with van der Waals surface area (Å²) in [5, 5.41) is 3.61. The highest BCUT2D eigenvalue weighted by Crippen LogP contribution is 2.30. The summed E-state index contributed by atoms with van der Waals surface area (Å²) >= 11 is 1.79. The van der Waals surface area contributed by atoms with Crippen LogP contribution in [0.5, 0.6) is 0 Å². The molecule has 0 spiro atoms. The van der Waals surface area contributed by atoms with Gasteiger partial charge in [0.2, 0.25) is 0 Å². The van der Waals surface area contributed by atoms with Crippen molar-refractivity contribution in [3.63, 3.8) is 0 Å². The fraction of sp³-hybridized carbons (Fsp3) is 0.333. The third kappa shape index (κ3) is 3.25. The van der Waals surface area contributed by atoms with Gasteiger partial charge in [-0.25, -0.2) is 0 Å². The Kier molecular flexibility index (Phi) is 4.51. The van der Waals surface area contributed by atoms with E-state index < -0.39 is 0 Å². The molecule has 3 heteroatoms. The SMILES string of the molecule is CSc1ccc(N2CC(C)NCC2c2ccccc2)cc1. The van der Waals surface area contributed by atoms with Gasteiger partial charge in [-0.15, -0.1) is 11.8 Å². The first-order valence-electron chi connectivity index (χ1n) is 7.47. The monoisotopic (exact) mass is 298 g/mol. The molecule has 2 nitrogen and oxygen atoms in total. The topological polar surface area (TPSA) is 15.3 Å². The van der Waals surface area contributed by atoms with Crippen LogP contribution in [0.4, 0.5) is 5.69 Å². The normalized spacial score (nSPS) is 22.3. The minimum atomic E-state index is 0.405. The summed E-state index contributed by atoms with van der Waals surface area (Å²) in [5.74, 6) is 0.